The highest BCUT2D eigenvalue weighted by Gasteiger charge is 2.26. The average Bonchev–Trinajstić information content (AvgIpc) is 2.49. The van der Waals surface area contributed by atoms with Gasteiger partial charge in [0.25, 0.3) is 0 Å². The maximum atomic E-state index is 11.8. The summed E-state index contributed by atoms with van der Waals surface area (Å²) in [5, 5.41) is 0. The molecule has 0 saturated carbocycles. The molecule has 1 atom stereocenters. The molecule has 0 spiro atoms. The van der Waals surface area contributed by atoms with Crippen LogP contribution in [0, 0.1) is 5.92 Å². The second kappa shape index (κ2) is 7.90. The van der Waals surface area contributed by atoms with Crippen molar-refractivity contribution in [2.75, 3.05) is 32.8 Å². The molecule has 1 aliphatic heterocycles. The fourth-order valence-electron chi connectivity index (χ4n) is 2.52. The zero-order chi connectivity index (χ0) is 14.2. The van der Waals surface area contributed by atoms with E-state index in [2.05, 4.69) is 4.90 Å². The number of esters is 1. The van der Waals surface area contributed by atoms with E-state index in [9.17, 15) is 4.79 Å². The number of carbonyl (C=O) groups excluding carboxylic acids is 1. The zero-order valence-electron chi connectivity index (χ0n) is 12.1. The van der Waals surface area contributed by atoms with E-state index in [1.54, 1.807) is 0 Å². The number of likely N-dealkylation sites (tertiary alicyclic amines) is 1. The van der Waals surface area contributed by atoms with E-state index in [0.717, 1.165) is 38.2 Å². The van der Waals surface area contributed by atoms with Gasteiger partial charge in [0.1, 0.15) is 12.4 Å². The number of rotatable bonds is 6. The summed E-state index contributed by atoms with van der Waals surface area (Å²) in [5.74, 6) is 0.869. The van der Waals surface area contributed by atoms with E-state index in [-0.39, 0.29) is 11.9 Å². The molecule has 110 valence electrons. The predicted octanol–water partition coefficient (Wildman–Crippen LogP) is 2.34. The van der Waals surface area contributed by atoms with Gasteiger partial charge in [-0.05, 0) is 38.4 Å². The second-order valence-electron chi connectivity index (χ2n) is 5.05. The highest BCUT2D eigenvalue weighted by atomic mass is 16.5. The highest BCUT2D eigenvalue weighted by molar-refractivity contribution is 5.72. The van der Waals surface area contributed by atoms with Crippen LogP contribution in [0.25, 0.3) is 0 Å². The Morgan fingerprint density at radius 1 is 1.35 bits per heavy atom. The van der Waals surface area contributed by atoms with Gasteiger partial charge in [-0.2, -0.15) is 0 Å². The summed E-state index contributed by atoms with van der Waals surface area (Å²) in [7, 11) is 0. The minimum absolute atomic E-state index is 0.0282. The summed E-state index contributed by atoms with van der Waals surface area (Å²) < 4.78 is 10.8. The molecule has 2 rings (SSSR count). The number of hydrogen-bond acceptors (Lipinski definition) is 4. The molecule has 0 bridgehead atoms. The first-order valence-electron chi connectivity index (χ1n) is 7.36. The third-order valence-electron chi connectivity index (χ3n) is 3.54. The molecule has 4 nitrogen and oxygen atoms in total. The molecule has 20 heavy (non-hydrogen) atoms. The Labute approximate surface area is 120 Å². The van der Waals surface area contributed by atoms with Crippen LogP contribution in [0.2, 0.25) is 0 Å². The van der Waals surface area contributed by atoms with Crippen LogP contribution in [0.4, 0.5) is 0 Å². The number of hydrogen-bond donors (Lipinski definition) is 0. The number of para-hydroxylation sites is 1. The van der Waals surface area contributed by atoms with Gasteiger partial charge in [-0.3, -0.25) is 9.69 Å². The van der Waals surface area contributed by atoms with Crippen molar-refractivity contribution in [2.24, 2.45) is 5.92 Å². The van der Waals surface area contributed by atoms with E-state index in [4.69, 9.17) is 9.47 Å². The Hall–Kier alpha value is -1.55. The smallest absolute Gasteiger partial charge is 0.310 e. The monoisotopic (exact) mass is 277 g/mol. The van der Waals surface area contributed by atoms with Crippen LogP contribution in [-0.2, 0) is 9.53 Å². The first-order valence-corrected chi connectivity index (χ1v) is 7.36. The average molecular weight is 277 g/mol. The summed E-state index contributed by atoms with van der Waals surface area (Å²) >= 11 is 0. The van der Waals surface area contributed by atoms with Gasteiger partial charge < -0.3 is 9.47 Å². The standard InChI is InChI=1S/C16H23NO3/c1-2-19-16(18)14-7-6-10-17(13-14)11-12-20-15-8-4-3-5-9-15/h3-5,8-9,14H,2,6-7,10-13H2,1H3/t14-/m0/s1. The van der Waals surface area contributed by atoms with Crippen LogP contribution in [-0.4, -0.2) is 43.7 Å². The van der Waals surface area contributed by atoms with Crippen molar-refractivity contribution in [3.05, 3.63) is 30.3 Å². The molecular formula is C16H23NO3. The fourth-order valence-corrected chi connectivity index (χ4v) is 2.52. The van der Waals surface area contributed by atoms with Crippen LogP contribution in [0.3, 0.4) is 0 Å². The number of ether oxygens (including phenoxy) is 2. The first kappa shape index (κ1) is 14.9. The molecule has 1 aliphatic rings. The van der Waals surface area contributed by atoms with Gasteiger partial charge in [-0.25, -0.2) is 0 Å². The van der Waals surface area contributed by atoms with E-state index < -0.39 is 0 Å². The minimum atomic E-state index is -0.0545. The maximum absolute atomic E-state index is 11.8. The molecule has 0 amide bonds. The molecule has 0 unspecified atom stereocenters. The van der Waals surface area contributed by atoms with Crippen LogP contribution in [0.15, 0.2) is 30.3 Å². The quantitative estimate of drug-likeness (QED) is 0.748. The van der Waals surface area contributed by atoms with Crippen molar-refractivity contribution in [2.45, 2.75) is 19.8 Å². The van der Waals surface area contributed by atoms with E-state index >= 15 is 0 Å². The van der Waals surface area contributed by atoms with Gasteiger partial charge in [0, 0.05) is 13.1 Å². The molecule has 4 heteroatoms. The van der Waals surface area contributed by atoms with Gasteiger partial charge in [-0.15, -0.1) is 0 Å². The van der Waals surface area contributed by atoms with Crippen molar-refractivity contribution in [1.82, 2.24) is 4.90 Å². The van der Waals surface area contributed by atoms with E-state index in [1.165, 1.54) is 0 Å². The van der Waals surface area contributed by atoms with E-state index in [1.807, 2.05) is 37.3 Å². The number of nitrogens with zero attached hydrogens (tertiary/aromatic N) is 1. The summed E-state index contributed by atoms with van der Waals surface area (Å²) in [6.45, 7) is 5.65. The van der Waals surface area contributed by atoms with Crippen molar-refractivity contribution < 1.29 is 14.3 Å². The Morgan fingerprint density at radius 3 is 2.90 bits per heavy atom. The molecule has 0 aromatic heterocycles. The maximum Gasteiger partial charge on any atom is 0.310 e. The lowest BCUT2D eigenvalue weighted by Crippen LogP contribution is -2.41. The van der Waals surface area contributed by atoms with Crippen molar-refractivity contribution in [3.8, 4) is 5.75 Å². The molecule has 0 aliphatic carbocycles. The molecular weight excluding hydrogens is 254 g/mol. The van der Waals surface area contributed by atoms with Gasteiger partial charge in [0.15, 0.2) is 0 Å². The second-order valence-corrected chi connectivity index (χ2v) is 5.05. The molecule has 0 N–H and O–H groups in total. The molecule has 1 heterocycles. The summed E-state index contributed by atoms with van der Waals surface area (Å²) in [6, 6.07) is 9.82. The first-order chi connectivity index (χ1) is 9.79. The lowest BCUT2D eigenvalue weighted by Gasteiger charge is -2.31. The molecule has 1 aromatic carbocycles. The van der Waals surface area contributed by atoms with Crippen molar-refractivity contribution >= 4 is 5.97 Å². The summed E-state index contributed by atoms with van der Waals surface area (Å²) in [5.41, 5.74) is 0. The predicted molar refractivity (Wildman–Crippen MR) is 77.7 cm³/mol. The Bertz CT molecular complexity index is 407. The fraction of sp³-hybridized carbons (Fsp3) is 0.562. The normalized spacial score (nSPS) is 19.6. The number of carbonyl (C=O) groups is 1. The summed E-state index contributed by atoms with van der Waals surface area (Å²) in [6.07, 6.45) is 1.99. The van der Waals surface area contributed by atoms with Crippen molar-refractivity contribution in [1.29, 1.82) is 0 Å². The van der Waals surface area contributed by atoms with Gasteiger partial charge in [0.05, 0.1) is 12.5 Å². The van der Waals surface area contributed by atoms with Gasteiger partial charge in [-0.1, -0.05) is 18.2 Å². The SMILES string of the molecule is CCOC(=O)[C@H]1CCCN(CCOc2ccccc2)C1. The largest absolute Gasteiger partial charge is 0.492 e. The highest BCUT2D eigenvalue weighted by Crippen LogP contribution is 2.18. The third-order valence-corrected chi connectivity index (χ3v) is 3.54. The van der Waals surface area contributed by atoms with Crippen LogP contribution >= 0.6 is 0 Å². The Morgan fingerprint density at radius 2 is 2.15 bits per heavy atom. The van der Waals surface area contributed by atoms with Gasteiger partial charge >= 0.3 is 5.97 Å². The zero-order valence-corrected chi connectivity index (χ0v) is 12.1. The number of piperidine rings is 1. The summed E-state index contributed by atoms with van der Waals surface area (Å²) in [4.78, 5) is 14.0. The lowest BCUT2D eigenvalue weighted by atomic mass is 9.98. The van der Waals surface area contributed by atoms with Crippen LogP contribution in [0.5, 0.6) is 5.75 Å². The Balaban J connectivity index is 1.71. The third kappa shape index (κ3) is 4.53. The topological polar surface area (TPSA) is 38.8 Å². The van der Waals surface area contributed by atoms with E-state index in [0.29, 0.717) is 13.2 Å². The molecule has 1 fully saturated rings. The molecule has 1 saturated heterocycles. The molecule has 0 radical (unpaired) electrons. The van der Waals surface area contributed by atoms with Crippen LogP contribution in [0.1, 0.15) is 19.8 Å². The van der Waals surface area contributed by atoms with Crippen molar-refractivity contribution in [3.63, 3.8) is 0 Å². The number of benzene rings is 1. The van der Waals surface area contributed by atoms with Crippen LogP contribution < -0.4 is 4.74 Å². The Kier molecular flexibility index (Phi) is 5.87. The lowest BCUT2D eigenvalue weighted by molar-refractivity contribution is -0.150. The van der Waals surface area contributed by atoms with Gasteiger partial charge in [0.2, 0.25) is 0 Å². The minimum Gasteiger partial charge on any atom is -0.492 e. The molecule has 1 aromatic rings.